The van der Waals surface area contributed by atoms with E-state index in [1.54, 1.807) is 0 Å². The van der Waals surface area contributed by atoms with E-state index in [0.29, 0.717) is 0 Å². The number of hydrogen-bond donors (Lipinski definition) is 0. The Bertz CT molecular complexity index is 505. The van der Waals surface area contributed by atoms with Crippen LogP contribution in [0.5, 0.6) is 0 Å². The molecule has 2 heterocycles. The van der Waals surface area contributed by atoms with E-state index in [-0.39, 0.29) is 24.1 Å². The number of rotatable bonds is 2. The Morgan fingerprint density at radius 1 is 1.37 bits per heavy atom. The Morgan fingerprint density at radius 2 is 2.05 bits per heavy atom. The second-order valence-electron chi connectivity index (χ2n) is 5.70. The van der Waals surface area contributed by atoms with Gasteiger partial charge in [0.2, 0.25) is 0 Å². The van der Waals surface area contributed by atoms with Crippen molar-refractivity contribution < 1.29 is 14.6 Å². The molecule has 2 aliphatic rings. The minimum Gasteiger partial charge on any atom is -0.267 e. The first-order valence-corrected chi connectivity index (χ1v) is 6.27. The second kappa shape index (κ2) is 4.00. The van der Waals surface area contributed by atoms with Crippen LogP contribution in [0.3, 0.4) is 0 Å². The van der Waals surface area contributed by atoms with Crippen LogP contribution in [-0.4, -0.2) is 22.4 Å². The molecule has 1 aromatic carbocycles. The summed E-state index contributed by atoms with van der Waals surface area (Å²) in [7, 11) is 0. The van der Waals surface area contributed by atoms with Crippen LogP contribution < -0.4 is 0 Å². The largest absolute Gasteiger partial charge is 0.331 e. The van der Waals surface area contributed by atoms with Crippen LogP contribution in [0.4, 0.5) is 0 Å². The van der Waals surface area contributed by atoms with Crippen molar-refractivity contribution in [2.75, 3.05) is 6.61 Å². The molecule has 19 heavy (non-hydrogen) atoms. The van der Waals surface area contributed by atoms with Crippen molar-refractivity contribution in [2.45, 2.75) is 32.0 Å². The minimum absolute atomic E-state index is 0.275. The fourth-order valence-corrected chi connectivity index (χ4v) is 2.80. The molecular formula is C13H16N2O4. The highest BCUT2D eigenvalue weighted by molar-refractivity contribution is 5.19. The van der Waals surface area contributed by atoms with Crippen molar-refractivity contribution in [3.63, 3.8) is 0 Å². The van der Waals surface area contributed by atoms with Crippen LogP contribution in [0.2, 0.25) is 0 Å². The predicted molar refractivity (Wildman–Crippen MR) is 66.2 cm³/mol. The average molecular weight is 264 g/mol. The summed E-state index contributed by atoms with van der Waals surface area (Å²) in [4.78, 5) is 22.3. The molecule has 0 N–H and O–H groups in total. The lowest BCUT2D eigenvalue weighted by Crippen LogP contribution is -2.53. The summed E-state index contributed by atoms with van der Waals surface area (Å²) in [5.74, 6) is 0. The monoisotopic (exact) mass is 264 g/mol. The average Bonchev–Trinajstić information content (AvgIpc) is 2.88. The van der Waals surface area contributed by atoms with E-state index in [1.165, 1.54) is 0 Å². The van der Waals surface area contributed by atoms with E-state index in [2.05, 4.69) is 0 Å². The molecule has 6 heteroatoms. The van der Waals surface area contributed by atoms with Crippen LogP contribution in [0.1, 0.15) is 31.9 Å². The van der Waals surface area contributed by atoms with E-state index in [1.807, 2.05) is 44.2 Å². The zero-order valence-corrected chi connectivity index (χ0v) is 10.9. The van der Waals surface area contributed by atoms with Gasteiger partial charge in [0.05, 0.1) is 18.4 Å². The summed E-state index contributed by atoms with van der Waals surface area (Å²) < 4.78 is 0. The van der Waals surface area contributed by atoms with Crippen LogP contribution in [0.15, 0.2) is 30.3 Å². The topological polar surface area (TPSA) is 64.8 Å². The third kappa shape index (κ3) is 1.60. The number of benzene rings is 1. The summed E-state index contributed by atoms with van der Waals surface area (Å²) in [6.07, 6.45) is -0.0528. The van der Waals surface area contributed by atoms with Gasteiger partial charge in [-0.3, -0.25) is 19.8 Å². The Labute approximate surface area is 111 Å². The standard InChI is InChI=1S/C13H16N2O4/c1-12(2)9-18-15-13(12,14(16)17)8-11(19-15)10-6-4-3-5-7-10/h3-7,11H,8-9H2,1-2H3. The van der Waals surface area contributed by atoms with Crippen molar-refractivity contribution in [2.24, 2.45) is 5.41 Å². The Morgan fingerprint density at radius 3 is 2.63 bits per heavy atom. The number of nitrogens with zero attached hydrogens (tertiary/aromatic N) is 2. The fourth-order valence-electron chi connectivity index (χ4n) is 2.80. The highest BCUT2D eigenvalue weighted by atomic mass is 17.0. The molecule has 0 aliphatic carbocycles. The predicted octanol–water partition coefficient (Wildman–Crippen LogP) is 2.31. The molecule has 0 amide bonds. The Kier molecular flexibility index (Phi) is 2.63. The maximum Gasteiger partial charge on any atom is 0.331 e. The van der Waals surface area contributed by atoms with E-state index >= 15 is 0 Å². The van der Waals surface area contributed by atoms with Crippen molar-refractivity contribution in [1.82, 2.24) is 5.23 Å². The zero-order valence-electron chi connectivity index (χ0n) is 10.9. The number of fused-ring (bicyclic) bond motifs is 1. The van der Waals surface area contributed by atoms with Gasteiger partial charge < -0.3 is 0 Å². The zero-order chi connectivity index (χ0) is 13.7. The summed E-state index contributed by atoms with van der Waals surface area (Å²) in [5.41, 5.74) is -0.981. The molecule has 3 rings (SSSR count). The fraction of sp³-hybridized carbons (Fsp3) is 0.538. The van der Waals surface area contributed by atoms with Crippen molar-refractivity contribution >= 4 is 0 Å². The summed E-state index contributed by atoms with van der Waals surface area (Å²) in [5, 5.41) is 12.7. The van der Waals surface area contributed by atoms with Crippen LogP contribution >= 0.6 is 0 Å². The van der Waals surface area contributed by atoms with Gasteiger partial charge in [0.25, 0.3) is 0 Å². The maximum absolute atomic E-state index is 11.6. The van der Waals surface area contributed by atoms with E-state index < -0.39 is 11.1 Å². The van der Waals surface area contributed by atoms with Gasteiger partial charge in [-0.15, -0.1) is 0 Å². The molecular weight excluding hydrogens is 248 g/mol. The van der Waals surface area contributed by atoms with Crippen molar-refractivity contribution in [1.29, 1.82) is 0 Å². The third-order valence-corrected chi connectivity index (χ3v) is 4.09. The lowest BCUT2D eigenvalue weighted by atomic mass is 9.77. The molecule has 0 aromatic heterocycles. The first-order chi connectivity index (χ1) is 8.97. The minimum atomic E-state index is -1.31. The molecule has 0 radical (unpaired) electrons. The molecule has 1 aromatic rings. The van der Waals surface area contributed by atoms with Gasteiger partial charge in [-0.25, -0.2) is 0 Å². The summed E-state index contributed by atoms with van der Waals surface area (Å²) in [6, 6.07) is 9.52. The highest BCUT2D eigenvalue weighted by Crippen LogP contribution is 2.54. The van der Waals surface area contributed by atoms with Crippen LogP contribution in [0.25, 0.3) is 0 Å². The normalized spacial score (nSPS) is 33.3. The molecule has 2 fully saturated rings. The second-order valence-corrected chi connectivity index (χ2v) is 5.70. The van der Waals surface area contributed by atoms with Gasteiger partial charge in [0.1, 0.15) is 6.10 Å². The Balaban J connectivity index is 1.97. The van der Waals surface area contributed by atoms with Crippen molar-refractivity contribution in [3.8, 4) is 0 Å². The van der Waals surface area contributed by atoms with Crippen molar-refractivity contribution in [3.05, 3.63) is 46.0 Å². The maximum atomic E-state index is 11.6. The molecule has 2 saturated heterocycles. The van der Waals surface area contributed by atoms with Gasteiger partial charge in [0.15, 0.2) is 0 Å². The molecule has 2 aliphatic heterocycles. The van der Waals surface area contributed by atoms with Crippen LogP contribution in [-0.2, 0) is 9.68 Å². The highest BCUT2D eigenvalue weighted by Gasteiger charge is 2.72. The molecule has 6 nitrogen and oxygen atoms in total. The van der Waals surface area contributed by atoms with Gasteiger partial charge in [-0.05, 0) is 19.4 Å². The summed E-state index contributed by atoms with van der Waals surface area (Å²) >= 11 is 0. The SMILES string of the molecule is CC1(C)CON2OC(c3ccccc3)CC21[N+](=O)[O-]. The lowest BCUT2D eigenvalue weighted by molar-refractivity contribution is -0.643. The number of hydroxylamine groups is 2. The molecule has 2 atom stereocenters. The lowest BCUT2D eigenvalue weighted by Gasteiger charge is -2.28. The van der Waals surface area contributed by atoms with Gasteiger partial charge in [0, 0.05) is 10.1 Å². The number of hydrogen-bond acceptors (Lipinski definition) is 5. The molecule has 2 unspecified atom stereocenters. The quantitative estimate of drug-likeness (QED) is 0.605. The molecule has 0 saturated carbocycles. The van der Waals surface area contributed by atoms with Gasteiger partial charge in [-0.2, -0.15) is 0 Å². The van der Waals surface area contributed by atoms with E-state index in [4.69, 9.17) is 9.68 Å². The van der Waals surface area contributed by atoms with Crippen LogP contribution in [0, 0.1) is 15.5 Å². The molecule has 0 spiro atoms. The Hall–Kier alpha value is -1.50. The first-order valence-electron chi connectivity index (χ1n) is 6.27. The van der Waals surface area contributed by atoms with E-state index in [0.717, 1.165) is 10.8 Å². The van der Waals surface area contributed by atoms with Gasteiger partial charge >= 0.3 is 5.66 Å². The summed E-state index contributed by atoms with van der Waals surface area (Å²) in [6.45, 7) is 3.97. The van der Waals surface area contributed by atoms with E-state index in [9.17, 15) is 10.1 Å². The smallest absolute Gasteiger partial charge is 0.267 e. The molecule has 102 valence electrons. The third-order valence-electron chi connectivity index (χ3n) is 4.09. The number of nitro groups is 1. The first kappa shape index (κ1) is 12.5. The van der Waals surface area contributed by atoms with Gasteiger partial charge in [-0.1, -0.05) is 30.3 Å². The molecule has 0 bridgehead atoms.